The van der Waals surface area contributed by atoms with E-state index in [0.717, 1.165) is 0 Å². The van der Waals surface area contributed by atoms with E-state index in [2.05, 4.69) is 10.6 Å². The third kappa shape index (κ3) is 8.09. The number of amides is 2. The molecule has 0 saturated heterocycles. The molecule has 0 heterocycles. The van der Waals surface area contributed by atoms with Crippen LogP contribution in [0.15, 0.2) is 42.5 Å². The van der Waals surface area contributed by atoms with E-state index in [4.69, 9.17) is 23.7 Å². The number of rotatable bonds is 14. The van der Waals surface area contributed by atoms with Crippen LogP contribution in [0.5, 0.6) is 17.2 Å². The average molecular weight is 447 g/mol. The first-order valence-electron chi connectivity index (χ1n) is 10.2. The maximum absolute atomic E-state index is 12.3. The molecular weight excluding hydrogens is 416 g/mol. The summed E-state index contributed by atoms with van der Waals surface area (Å²) in [5.41, 5.74) is 0.972. The molecule has 0 aliphatic carbocycles. The Kier molecular flexibility index (Phi) is 10.8. The third-order valence-electron chi connectivity index (χ3n) is 4.35. The van der Waals surface area contributed by atoms with E-state index in [9.17, 15) is 9.59 Å². The molecule has 0 spiro atoms. The highest BCUT2D eigenvalue weighted by Crippen LogP contribution is 2.28. The van der Waals surface area contributed by atoms with E-state index < -0.39 is 0 Å². The fraction of sp³-hybridized carbons (Fsp3) is 0.391. The molecule has 0 aliphatic rings. The number of nitrogens with one attached hydrogen (secondary N) is 2. The van der Waals surface area contributed by atoms with Crippen LogP contribution in [0.4, 0.5) is 5.69 Å². The third-order valence-corrected chi connectivity index (χ3v) is 4.35. The second-order valence-corrected chi connectivity index (χ2v) is 6.62. The summed E-state index contributed by atoms with van der Waals surface area (Å²) >= 11 is 0. The van der Waals surface area contributed by atoms with Crippen LogP contribution >= 0.6 is 0 Å². The molecule has 2 N–H and O–H groups in total. The molecule has 2 amide bonds. The topological polar surface area (TPSA) is 104 Å². The summed E-state index contributed by atoms with van der Waals surface area (Å²) < 4.78 is 26.4. The van der Waals surface area contributed by atoms with Crippen molar-refractivity contribution in [3.63, 3.8) is 0 Å². The zero-order valence-electron chi connectivity index (χ0n) is 18.6. The maximum Gasteiger partial charge on any atom is 0.262 e. The van der Waals surface area contributed by atoms with Gasteiger partial charge in [0.2, 0.25) is 0 Å². The fourth-order valence-corrected chi connectivity index (χ4v) is 2.73. The fourth-order valence-electron chi connectivity index (χ4n) is 2.73. The summed E-state index contributed by atoms with van der Waals surface area (Å²) in [6.45, 7) is 1.86. The molecule has 0 bridgehead atoms. The average Bonchev–Trinajstić information content (AvgIpc) is 2.82. The molecule has 0 aromatic heterocycles. The molecule has 0 aliphatic heterocycles. The molecule has 0 unspecified atom stereocenters. The van der Waals surface area contributed by atoms with Gasteiger partial charge in [0.25, 0.3) is 11.8 Å². The molecule has 2 aromatic carbocycles. The first kappa shape index (κ1) is 25.0. The second-order valence-electron chi connectivity index (χ2n) is 6.62. The molecule has 0 saturated carbocycles. The largest absolute Gasteiger partial charge is 0.495 e. The molecule has 0 fully saturated rings. The smallest absolute Gasteiger partial charge is 0.262 e. The number of benzene rings is 2. The highest BCUT2D eigenvalue weighted by atomic mass is 16.5. The van der Waals surface area contributed by atoms with Crippen LogP contribution in [0.3, 0.4) is 0 Å². The predicted molar refractivity (Wildman–Crippen MR) is 120 cm³/mol. The van der Waals surface area contributed by atoms with E-state index in [1.807, 2.05) is 6.07 Å². The van der Waals surface area contributed by atoms with Crippen LogP contribution < -0.4 is 24.8 Å². The van der Waals surface area contributed by atoms with E-state index >= 15 is 0 Å². The normalized spacial score (nSPS) is 10.3. The monoisotopic (exact) mass is 446 g/mol. The summed E-state index contributed by atoms with van der Waals surface area (Å²) in [5.74, 6) is 0.665. The van der Waals surface area contributed by atoms with Crippen molar-refractivity contribution in [2.45, 2.75) is 6.42 Å². The minimum absolute atomic E-state index is 0.233. The molecule has 32 heavy (non-hydrogen) atoms. The van der Waals surface area contributed by atoms with Crippen molar-refractivity contribution in [3.05, 3.63) is 48.0 Å². The molecule has 9 heteroatoms. The minimum atomic E-state index is -0.355. The quantitative estimate of drug-likeness (QED) is 0.430. The molecule has 9 nitrogen and oxygen atoms in total. The number of ether oxygens (including phenoxy) is 5. The zero-order chi connectivity index (χ0) is 23.2. The number of carbonyl (C=O) groups is 2. The van der Waals surface area contributed by atoms with Crippen LogP contribution in [-0.4, -0.2) is 66.1 Å². The molecule has 0 atom stereocenters. The Morgan fingerprint density at radius 1 is 0.875 bits per heavy atom. The van der Waals surface area contributed by atoms with E-state index in [0.29, 0.717) is 61.3 Å². The Morgan fingerprint density at radius 3 is 2.41 bits per heavy atom. The Labute approximate surface area is 187 Å². The Morgan fingerprint density at radius 2 is 1.66 bits per heavy atom. The predicted octanol–water partition coefficient (Wildman–Crippen LogP) is 2.50. The van der Waals surface area contributed by atoms with Gasteiger partial charge in [0.1, 0.15) is 5.75 Å². The molecule has 174 valence electrons. The van der Waals surface area contributed by atoms with Crippen molar-refractivity contribution in [2.75, 3.05) is 59.6 Å². The van der Waals surface area contributed by atoms with E-state index in [1.165, 1.54) is 14.2 Å². The lowest BCUT2D eigenvalue weighted by Gasteiger charge is -2.13. The first-order chi connectivity index (χ1) is 15.6. The molecule has 0 radical (unpaired) electrons. The van der Waals surface area contributed by atoms with Crippen molar-refractivity contribution in [3.8, 4) is 17.2 Å². The molecular formula is C23H30N2O7. The van der Waals surface area contributed by atoms with Crippen molar-refractivity contribution >= 4 is 17.5 Å². The lowest BCUT2D eigenvalue weighted by Crippen LogP contribution is -2.25. The van der Waals surface area contributed by atoms with Crippen molar-refractivity contribution in [1.82, 2.24) is 5.32 Å². The summed E-state index contributed by atoms with van der Waals surface area (Å²) in [7, 11) is 4.61. The Balaban J connectivity index is 1.84. The summed E-state index contributed by atoms with van der Waals surface area (Å²) in [5, 5.41) is 5.56. The van der Waals surface area contributed by atoms with Gasteiger partial charge in [-0.3, -0.25) is 9.59 Å². The van der Waals surface area contributed by atoms with Gasteiger partial charge < -0.3 is 34.3 Å². The van der Waals surface area contributed by atoms with Gasteiger partial charge >= 0.3 is 0 Å². The van der Waals surface area contributed by atoms with Gasteiger partial charge in [-0.25, -0.2) is 0 Å². The van der Waals surface area contributed by atoms with Crippen LogP contribution in [0.2, 0.25) is 0 Å². The van der Waals surface area contributed by atoms with Crippen molar-refractivity contribution in [1.29, 1.82) is 0 Å². The van der Waals surface area contributed by atoms with Crippen LogP contribution in [0.25, 0.3) is 0 Å². The van der Waals surface area contributed by atoms with Crippen molar-refractivity contribution in [2.24, 2.45) is 0 Å². The van der Waals surface area contributed by atoms with E-state index in [1.54, 1.807) is 43.5 Å². The Bertz CT molecular complexity index is 873. The minimum Gasteiger partial charge on any atom is -0.495 e. The standard InChI is InChI=1S/C23H30N2O7/c1-28-13-14-31-12-6-11-24-23(27)17-9-10-20(21(15-17)30-3)32-16-22(26)25-18-7-4-5-8-19(18)29-2/h4-5,7-10,15H,6,11-14,16H2,1-3H3,(H,24,27)(H,25,26). The van der Waals surface area contributed by atoms with Gasteiger partial charge in [0.15, 0.2) is 18.1 Å². The van der Waals surface area contributed by atoms with Gasteiger partial charge in [-0.15, -0.1) is 0 Å². The van der Waals surface area contributed by atoms with Gasteiger partial charge in [-0.2, -0.15) is 0 Å². The van der Waals surface area contributed by atoms with Crippen LogP contribution in [0, 0.1) is 0 Å². The van der Waals surface area contributed by atoms with Gasteiger partial charge in [-0.1, -0.05) is 12.1 Å². The SMILES string of the molecule is COCCOCCCNC(=O)c1ccc(OCC(=O)Nc2ccccc2OC)c(OC)c1. The second kappa shape index (κ2) is 13.9. The number of anilines is 1. The lowest BCUT2D eigenvalue weighted by atomic mass is 10.2. The number of methoxy groups -OCH3 is 3. The molecule has 2 aromatic rings. The highest BCUT2D eigenvalue weighted by Gasteiger charge is 2.13. The molecule has 2 rings (SSSR count). The number of hydrogen-bond donors (Lipinski definition) is 2. The summed E-state index contributed by atoms with van der Waals surface area (Å²) in [6.07, 6.45) is 0.690. The zero-order valence-corrected chi connectivity index (χ0v) is 18.6. The van der Waals surface area contributed by atoms with Crippen LogP contribution in [-0.2, 0) is 14.3 Å². The first-order valence-corrected chi connectivity index (χ1v) is 10.2. The summed E-state index contributed by atoms with van der Waals surface area (Å²) in [6, 6.07) is 11.9. The highest BCUT2D eigenvalue weighted by molar-refractivity contribution is 5.95. The van der Waals surface area contributed by atoms with Gasteiger partial charge in [0, 0.05) is 25.8 Å². The number of hydrogen-bond acceptors (Lipinski definition) is 7. The number of carbonyl (C=O) groups excluding carboxylic acids is 2. The number of para-hydroxylation sites is 2. The maximum atomic E-state index is 12.3. The lowest BCUT2D eigenvalue weighted by molar-refractivity contribution is -0.118. The van der Waals surface area contributed by atoms with Gasteiger partial charge in [0.05, 0.1) is 33.1 Å². The van der Waals surface area contributed by atoms with Crippen molar-refractivity contribution < 1.29 is 33.3 Å². The Hall–Kier alpha value is -3.30. The van der Waals surface area contributed by atoms with E-state index in [-0.39, 0.29) is 18.4 Å². The summed E-state index contributed by atoms with van der Waals surface area (Å²) in [4.78, 5) is 24.6. The van der Waals surface area contributed by atoms with Crippen LogP contribution in [0.1, 0.15) is 16.8 Å². The van der Waals surface area contributed by atoms with Gasteiger partial charge in [-0.05, 0) is 36.8 Å².